The topological polar surface area (TPSA) is 214 Å². The fourth-order valence-electron chi connectivity index (χ4n) is 3.58. The summed E-state index contributed by atoms with van der Waals surface area (Å²) in [4.78, 5) is 61.5. The van der Waals surface area contributed by atoms with Gasteiger partial charge in [-0.2, -0.15) is 0 Å². The maximum atomic E-state index is 13.2. The summed E-state index contributed by atoms with van der Waals surface area (Å²) in [7, 11) is 0. The number of hydrogen-bond donors (Lipinski definition) is 7. The van der Waals surface area contributed by atoms with Crippen molar-refractivity contribution in [3.05, 3.63) is 29.8 Å². The molecule has 1 aromatic carbocycles. The van der Waals surface area contributed by atoms with Gasteiger partial charge in [0.1, 0.15) is 23.9 Å². The molecule has 12 nitrogen and oxygen atoms in total. The van der Waals surface area contributed by atoms with E-state index in [1.807, 2.05) is 20.8 Å². The van der Waals surface area contributed by atoms with Crippen molar-refractivity contribution in [3.8, 4) is 5.75 Å². The molecule has 0 aliphatic heterocycles. The summed E-state index contributed by atoms with van der Waals surface area (Å²) in [5, 5.41) is 26.3. The Balaban J connectivity index is 3.00. The zero-order valence-electron chi connectivity index (χ0n) is 21.7. The van der Waals surface area contributed by atoms with Crippen LogP contribution in [0.25, 0.3) is 0 Å². The van der Waals surface area contributed by atoms with Crippen LogP contribution in [0.4, 0.5) is 0 Å². The van der Waals surface area contributed by atoms with Gasteiger partial charge in [0.15, 0.2) is 0 Å². The maximum absolute atomic E-state index is 13.2. The van der Waals surface area contributed by atoms with Crippen molar-refractivity contribution >= 4 is 29.6 Å². The Hall–Kier alpha value is -3.67. The van der Waals surface area contributed by atoms with Crippen LogP contribution in [-0.2, 0) is 30.4 Å². The lowest BCUT2D eigenvalue weighted by atomic mass is 9.96. The molecule has 4 amide bonds. The van der Waals surface area contributed by atoms with Crippen molar-refractivity contribution in [2.45, 2.75) is 77.5 Å². The minimum atomic E-state index is -1.54. The Morgan fingerprint density at radius 1 is 0.892 bits per heavy atom. The van der Waals surface area contributed by atoms with Crippen LogP contribution >= 0.6 is 0 Å². The molecular formula is C25H39N5O7. The highest BCUT2D eigenvalue weighted by Crippen LogP contribution is 2.13. The van der Waals surface area contributed by atoms with E-state index in [2.05, 4.69) is 16.0 Å². The zero-order valence-corrected chi connectivity index (χ0v) is 21.7. The third kappa shape index (κ3) is 10.9. The van der Waals surface area contributed by atoms with Crippen molar-refractivity contribution in [3.63, 3.8) is 0 Å². The molecule has 0 heterocycles. The highest BCUT2D eigenvalue weighted by atomic mass is 16.4. The van der Waals surface area contributed by atoms with Gasteiger partial charge in [-0.3, -0.25) is 19.2 Å². The van der Waals surface area contributed by atoms with E-state index in [4.69, 9.17) is 11.5 Å². The number of carboxylic acid groups (broad SMARTS) is 1. The van der Waals surface area contributed by atoms with Crippen molar-refractivity contribution in [2.75, 3.05) is 0 Å². The van der Waals surface area contributed by atoms with Crippen LogP contribution in [0.15, 0.2) is 24.3 Å². The van der Waals surface area contributed by atoms with Gasteiger partial charge < -0.3 is 37.6 Å². The van der Waals surface area contributed by atoms with Gasteiger partial charge in [-0.25, -0.2) is 4.79 Å². The van der Waals surface area contributed by atoms with Crippen molar-refractivity contribution in [1.29, 1.82) is 0 Å². The van der Waals surface area contributed by atoms with Crippen LogP contribution in [0.3, 0.4) is 0 Å². The number of phenolic OH excluding ortho intramolecular Hbond substituents is 1. The second-order valence-electron chi connectivity index (χ2n) is 9.61. The number of nitrogens with one attached hydrogen (secondary N) is 3. The third-order valence-corrected chi connectivity index (χ3v) is 5.88. The highest BCUT2D eigenvalue weighted by Gasteiger charge is 2.33. The number of benzene rings is 1. The standard InChI is InChI=1S/C25H39N5O7/c1-5-14(4)21(30-22(33)17(26)11-15-6-8-16(31)9-7-15)24(35)28-18(10-13(2)3)23(34)29-19(25(36)37)12-20(27)32/h6-9,13-14,17-19,21,31H,5,10-12,26H2,1-4H3,(H2,27,32)(H,28,35)(H,29,34)(H,30,33)(H,36,37). The average molecular weight is 522 g/mol. The van der Waals surface area contributed by atoms with Crippen LogP contribution < -0.4 is 27.4 Å². The molecule has 37 heavy (non-hydrogen) atoms. The second-order valence-corrected chi connectivity index (χ2v) is 9.61. The first-order valence-corrected chi connectivity index (χ1v) is 12.2. The number of amides is 4. The van der Waals surface area contributed by atoms with Crippen molar-refractivity contribution in [1.82, 2.24) is 16.0 Å². The smallest absolute Gasteiger partial charge is 0.326 e. The second kappa shape index (κ2) is 14.8. The molecule has 1 aromatic rings. The number of primary amides is 1. The molecule has 5 unspecified atom stereocenters. The monoisotopic (exact) mass is 521 g/mol. The number of aromatic hydroxyl groups is 1. The van der Waals surface area contributed by atoms with E-state index in [1.165, 1.54) is 12.1 Å². The first-order valence-electron chi connectivity index (χ1n) is 12.2. The summed E-state index contributed by atoms with van der Waals surface area (Å²) in [5.41, 5.74) is 11.9. The minimum absolute atomic E-state index is 0.0501. The normalized spacial score (nSPS) is 15.1. The first kappa shape index (κ1) is 31.4. The molecule has 9 N–H and O–H groups in total. The fourth-order valence-corrected chi connectivity index (χ4v) is 3.58. The first-order chi connectivity index (χ1) is 17.2. The van der Waals surface area contributed by atoms with Gasteiger partial charge in [-0.15, -0.1) is 0 Å². The molecule has 0 saturated carbocycles. The number of phenols is 1. The van der Waals surface area contributed by atoms with Gasteiger partial charge in [0.05, 0.1) is 12.5 Å². The molecule has 1 rings (SSSR count). The fraction of sp³-hybridized carbons (Fsp3) is 0.560. The maximum Gasteiger partial charge on any atom is 0.326 e. The molecular weight excluding hydrogens is 482 g/mol. The molecule has 0 bridgehead atoms. The van der Waals surface area contributed by atoms with E-state index in [-0.39, 0.29) is 30.4 Å². The van der Waals surface area contributed by atoms with Crippen LogP contribution in [0, 0.1) is 11.8 Å². The molecule has 0 aromatic heterocycles. The van der Waals surface area contributed by atoms with E-state index >= 15 is 0 Å². The van der Waals surface area contributed by atoms with E-state index in [0.717, 1.165) is 5.56 Å². The number of carbonyl (C=O) groups is 5. The predicted molar refractivity (Wildman–Crippen MR) is 136 cm³/mol. The molecule has 0 saturated heterocycles. The van der Waals surface area contributed by atoms with E-state index in [0.29, 0.717) is 6.42 Å². The third-order valence-electron chi connectivity index (χ3n) is 5.88. The Kier molecular flexibility index (Phi) is 12.5. The van der Waals surface area contributed by atoms with Crippen LogP contribution in [0.2, 0.25) is 0 Å². The Morgan fingerprint density at radius 3 is 1.95 bits per heavy atom. The largest absolute Gasteiger partial charge is 0.508 e. The summed E-state index contributed by atoms with van der Waals surface area (Å²) >= 11 is 0. The van der Waals surface area contributed by atoms with Gasteiger partial charge in [0.25, 0.3) is 0 Å². The molecule has 0 spiro atoms. The highest BCUT2D eigenvalue weighted by molar-refractivity contribution is 5.95. The number of rotatable bonds is 15. The minimum Gasteiger partial charge on any atom is -0.508 e. The van der Waals surface area contributed by atoms with Crippen LogP contribution in [0.5, 0.6) is 5.75 Å². The summed E-state index contributed by atoms with van der Waals surface area (Å²) in [5.74, 6) is -4.59. The van der Waals surface area contributed by atoms with Crippen molar-refractivity contribution < 1.29 is 34.2 Å². The molecule has 0 radical (unpaired) electrons. The van der Waals surface area contributed by atoms with E-state index in [1.54, 1.807) is 19.1 Å². The lowest BCUT2D eigenvalue weighted by Crippen LogP contribution is -2.59. The number of carbonyl (C=O) groups excluding carboxylic acids is 4. The number of nitrogens with two attached hydrogens (primary N) is 2. The van der Waals surface area contributed by atoms with Gasteiger partial charge in [0, 0.05) is 0 Å². The van der Waals surface area contributed by atoms with Crippen LogP contribution in [0.1, 0.15) is 52.5 Å². The summed E-state index contributed by atoms with van der Waals surface area (Å²) < 4.78 is 0. The Labute approximate surface area is 216 Å². The summed E-state index contributed by atoms with van der Waals surface area (Å²) in [6.07, 6.45) is 0.290. The van der Waals surface area contributed by atoms with Gasteiger partial charge in [0.2, 0.25) is 23.6 Å². The average Bonchev–Trinajstić information content (AvgIpc) is 2.81. The van der Waals surface area contributed by atoms with E-state index < -0.39 is 60.2 Å². The van der Waals surface area contributed by atoms with Gasteiger partial charge in [-0.05, 0) is 42.4 Å². The lowest BCUT2D eigenvalue weighted by Gasteiger charge is -2.28. The SMILES string of the molecule is CCC(C)C(NC(=O)C(N)Cc1ccc(O)cc1)C(=O)NC(CC(C)C)C(=O)NC(CC(N)=O)C(=O)O. The van der Waals surface area contributed by atoms with Gasteiger partial charge in [-0.1, -0.05) is 46.2 Å². The molecule has 206 valence electrons. The number of aliphatic carboxylic acids is 1. The molecule has 5 atom stereocenters. The lowest BCUT2D eigenvalue weighted by molar-refractivity contribution is -0.144. The number of hydrogen-bond acceptors (Lipinski definition) is 7. The zero-order chi connectivity index (χ0) is 28.3. The quantitative estimate of drug-likeness (QED) is 0.163. The van der Waals surface area contributed by atoms with Crippen molar-refractivity contribution in [2.24, 2.45) is 23.3 Å². The predicted octanol–water partition coefficient (Wildman–Crippen LogP) is -0.231. The molecule has 0 aliphatic rings. The molecule has 0 fully saturated rings. The summed E-state index contributed by atoms with van der Waals surface area (Å²) in [6, 6.07) is 1.60. The van der Waals surface area contributed by atoms with E-state index in [9.17, 15) is 34.2 Å². The Morgan fingerprint density at radius 2 is 1.46 bits per heavy atom. The Bertz CT molecular complexity index is 951. The summed E-state index contributed by atoms with van der Waals surface area (Å²) in [6.45, 7) is 7.25. The molecule has 0 aliphatic carbocycles. The molecule has 12 heteroatoms. The van der Waals surface area contributed by atoms with Gasteiger partial charge >= 0.3 is 5.97 Å². The number of carboxylic acids is 1. The van der Waals surface area contributed by atoms with Crippen LogP contribution in [-0.4, -0.2) is 64.0 Å².